The Hall–Kier alpha value is -3.39. The van der Waals surface area contributed by atoms with E-state index in [2.05, 4.69) is 0 Å². The van der Waals surface area contributed by atoms with Gasteiger partial charge in [-0.05, 0) is 25.8 Å². The number of carbonyl (C=O) groups excluding carboxylic acids is 2. The topological polar surface area (TPSA) is 137 Å². The van der Waals surface area contributed by atoms with Crippen LogP contribution in [0.25, 0.3) is 0 Å². The lowest BCUT2D eigenvalue weighted by atomic mass is 9.85. The predicted molar refractivity (Wildman–Crippen MR) is 129 cm³/mol. The van der Waals surface area contributed by atoms with Crippen LogP contribution in [0.15, 0.2) is 29.2 Å². The normalized spacial score (nSPS) is 28.8. The zero-order valence-electron chi connectivity index (χ0n) is 21.1. The van der Waals surface area contributed by atoms with Gasteiger partial charge >= 0.3 is 0 Å². The van der Waals surface area contributed by atoms with E-state index in [1.807, 2.05) is 6.92 Å². The number of primary amides is 1. The second-order valence-corrected chi connectivity index (χ2v) is 10.6. The molecule has 1 spiro atoms. The van der Waals surface area contributed by atoms with Gasteiger partial charge in [-0.25, -0.2) is 8.78 Å². The van der Waals surface area contributed by atoms with Crippen LogP contribution in [0.2, 0.25) is 0 Å². The van der Waals surface area contributed by atoms with Crippen LogP contribution in [0.1, 0.15) is 58.6 Å². The standard InChI is InChI=1S/C26H28F2N4O7/c1-13-4-5-26(19-10-30(13)25(36)21-23(34)22(33)17(24(29)35)9-31(19)21)7-20(38-16-11-37-12-16)32(39-26)8-14-2-3-15(27)6-18(14)28/h2-3,6,9,13,16,19-20,34H,4-5,7-8,10-12H2,1H3,(H2,29,35)/t13-,19+,20?,26-/m0/s1. The number of carbonyl (C=O) groups is 2. The van der Waals surface area contributed by atoms with E-state index in [-0.39, 0.29) is 36.5 Å². The molecular weight excluding hydrogens is 518 g/mol. The molecule has 1 aromatic heterocycles. The third-order valence-electron chi connectivity index (χ3n) is 8.21. The second-order valence-electron chi connectivity index (χ2n) is 10.6. The zero-order valence-corrected chi connectivity index (χ0v) is 21.1. The molecule has 11 nitrogen and oxygen atoms in total. The van der Waals surface area contributed by atoms with Crippen LogP contribution in [-0.4, -0.2) is 75.2 Å². The molecule has 4 atom stereocenters. The Balaban J connectivity index is 1.44. The Bertz CT molecular complexity index is 1410. The first-order chi connectivity index (χ1) is 18.6. The summed E-state index contributed by atoms with van der Waals surface area (Å²) < 4.78 is 41.1. The summed E-state index contributed by atoms with van der Waals surface area (Å²) >= 11 is 0. The van der Waals surface area contributed by atoms with Gasteiger partial charge in [-0.3, -0.25) is 19.2 Å². The summed E-state index contributed by atoms with van der Waals surface area (Å²) in [6, 6.07) is 2.42. The number of nitrogens with zero attached hydrogens (tertiary/aromatic N) is 3. The molecule has 4 aliphatic heterocycles. The zero-order chi connectivity index (χ0) is 27.6. The number of nitrogens with two attached hydrogens (primary N) is 1. The van der Waals surface area contributed by atoms with E-state index in [9.17, 15) is 28.3 Å². The molecule has 0 saturated carbocycles. The molecule has 6 rings (SSSR count). The van der Waals surface area contributed by atoms with E-state index in [0.29, 0.717) is 32.5 Å². The Morgan fingerprint density at radius 3 is 2.72 bits per heavy atom. The fourth-order valence-electron chi connectivity index (χ4n) is 5.98. The van der Waals surface area contributed by atoms with Gasteiger partial charge in [0.15, 0.2) is 11.4 Å². The van der Waals surface area contributed by atoms with E-state index >= 15 is 0 Å². The second kappa shape index (κ2) is 9.37. The maximum absolute atomic E-state index is 14.6. The Labute approximate surface area is 221 Å². The lowest BCUT2D eigenvalue weighted by Crippen LogP contribution is -2.52. The van der Waals surface area contributed by atoms with Gasteiger partial charge in [-0.1, -0.05) is 6.07 Å². The molecule has 5 heterocycles. The van der Waals surface area contributed by atoms with Crippen LogP contribution in [-0.2, 0) is 20.9 Å². The van der Waals surface area contributed by atoms with Crippen molar-refractivity contribution < 1.29 is 37.8 Å². The summed E-state index contributed by atoms with van der Waals surface area (Å²) in [4.78, 5) is 46.3. The molecule has 2 bridgehead atoms. The SMILES string of the molecule is C[C@H]1CC[C@]2(CC(OC3COC3)N(Cc3ccc(F)cc3F)O2)[C@H]2CN1C(=O)c1c(O)c(=O)c(C(N)=O)cn12. The fraction of sp³-hybridized carbons (Fsp3) is 0.500. The Morgan fingerprint density at radius 1 is 1.28 bits per heavy atom. The van der Waals surface area contributed by atoms with Crippen LogP contribution >= 0.6 is 0 Å². The minimum atomic E-state index is -1.04. The Morgan fingerprint density at radius 2 is 2.05 bits per heavy atom. The lowest BCUT2D eigenvalue weighted by Gasteiger charge is -2.42. The van der Waals surface area contributed by atoms with Gasteiger partial charge < -0.3 is 29.8 Å². The quantitative estimate of drug-likeness (QED) is 0.575. The third kappa shape index (κ3) is 4.20. The molecule has 3 saturated heterocycles. The average Bonchev–Trinajstić information content (AvgIpc) is 3.15. The summed E-state index contributed by atoms with van der Waals surface area (Å²) in [5, 5.41) is 12.3. The molecule has 1 aromatic carbocycles. The highest BCUT2D eigenvalue weighted by molar-refractivity contribution is 5.99. The van der Waals surface area contributed by atoms with Crippen LogP contribution in [0, 0.1) is 11.6 Å². The number of hydroxylamine groups is 2. The molecule has 4 aliphatic rings. The number of hydrogen-bond acceptors (Lipinski definition) is 8. The first kappa shape index (κ1) is 25.9. The van der Waals surface area contributed by atoms with Crippen LogP contribution < -0.4 is 11.2 Å². The number of halogens is 2. The number of aromatic hydroxyl groups is 1. The molecule has 2 amide bonds. The van der Waals surface area contributed by atoms with Crippen molar-refractivity contribution in [2.75, 3.05) is 19.8 Å². The monoisotopic (exact) mass is 546 g/mol. The highest BCUT2D eigenvalue weighted by atomic mass is 19.1. The van der Waals surface area contributed by atoms with Crippen molar-refractivity contribution in [1.29, 1.82) is 0 Å². The summed E-state index contributed by atoms with van der Waals surface area (Å²) in [5.74, 6) is -3.85. The van der Waals surface area contributed by atoms with Gasteiger partial charge in [-0.15, -0.1) is 0 Å². The van der Waals surface area contributed by atoms with E-state index in [4.69, 9.17) is 20.0 Å². The van der Waals surface area contributed by atoms with Gasteiger partial charge in [0, 0.05) is 36.8 Å². The van der Waals surface area contributed by atoms with Crippen LogP contribution in [0.5, 0.6) is 5.75 Å². The Kier molecular flexibility index (Phi) is 6.21. The summed E-state index contributed by atoms with van der Waals surface area (Å²) in [5.41, 5.74) is 2.88. The first-order valence-electron chi connectivity index (χ1n) is 12.8. The number of aromatic nitrogens is 1. The highest BCUT2D eigenvalue weighted by Gasteiger charge is 2.57. The number of fused-ring (bicyclic) bond motifs is 5. The lowest BCUT2D eigenvalue weighted by molar-refractivity contribution is -0.276. The molecule has 0 aliphatic carbocycles. The number of pyridine rings is 1. The molecular formula is C26H28F2N4O7. The van der Waals surface area contributed by atoms with Gasteiger partial charge in [-0.2, -0.15) is 5.06 Å². The minimum absolute atomic E-state index is 0.0498. The smallest absolute Gasteiger partial charge is 0.274 e. The molecule has 13 heteroatoms. The van der Waals surface area contributed by atoms with Gasteiger partial charge in [0.2, 0.25) is 5.43 Å². The van der Waals surface area contributed by atoms with Gasteiger partial charge in [0.1, 0.15) is 35.1 Å². The van der Waals surface area contributed by atoms with Crippen molar-refractivity contribution in [1.82, 2.24) is 14.5 Å². The molecule has 3 N–H and O–H groups in total. The average molecular weight is 547 g/mol. The molecule has 0 radical (unpaired) electrons. The molecule has 1 unspecified atom stereocenters. The van der Waals surface area contributed by atoms with Gasteiger partial charge in [0.05, 0.1) is 25.8 Å². The number of rotatable bonds is 5. The van der Waals surface area contributed by atoms with Crippen molar-refractivity contribution in [2.24, 2.45) is 5.73 Å². The largest absolute Gasteiger partial charge is 0.503 e. The summed E-state index contributed by atoms with van der Waals surface area (Å²) in [6.45, 7) is 2.78. The number of ether oxygens (including phenoxy) is 2. The van der Waals surface area contributed by atoms with Crippen LogP contribution in [0.4, 0.5) is 8.78 Å². The molecule has 2 aromatic rings. The van der Waals surface area contributed by atoms with Crippen molar-refractivity contribution in [2.45, 2.75) is 62.7 Å². The summed E-state index contributed by atoms with van der Waals surface area (Å²) in [6.07, 6.45) is 1.64. The maximum Gasteiger partial charge on any atom is 0.274 e. The van der Waals surface area contributed by atoms with E-state index in [1.165, 1.54) is 28.0 Å². The third-order valence-corrected chi connectivity index (χ3v) is 8.21. The number of hydrogen-bond donors (Lipinski definition) is 2. The van der Waals surface area contributed by atoms with Crippen molar-refractivity contribution >= 4 is 11.8 Å². The van der Waals surface area contributed by atoms with E-state index in [0.717, 1.165) is 6.07 Å². The molecule has 208 valence electrons. The molecule has 39 heavy (non-hydrogen) atoms. The number of benzene rings is 1. The predicted octanol–water partition coefficient (Wildman–Crippen LogP) is 1.43. The van der Waals surface area contributed by atoms with Crippen molar-refractivity contribution in [3.8, 4) is 5.75 Å². The first-order valence-corrected chi connectivity index (χ1v) is 12.8. The minimum Gasteiger partial charge on any atom is -0.503 e. The highest BCUT2D eigenvalue weighted by Crippen LogP contribution is 2.49. The van der Waals surface area contributed by atoms with Crippen molar-refractivity contribution in [3.63, 3.8) is 0 Å². The van der Waals surface area contributed by atoms with E-state index in [1.54, 1.807) is 4.90 Å². The number of amides is 2. The summed E-state index contributed by atoms with van der Waals surface area (Å²) in [7, 11) is 0. The van der Waals surface area contributed by atoms with Gasteiger partial charge in [0.25, 0.3) is 11.8 Å². The van der Waals surface area contributed by atoms with Crippen LogP contribution in [0.3, 0.4) is 0 Å². The van der Waals surface area contributed by atoms with Crippen molar-refractivity contribution in [3.05, 3.63) is 63.1 Å². The molecule has 3 fully saturated rings. The fourth-order valence-corrected chi connectivity index (χ4v) is 5.98. The van der Waals surface area contributed by atoms with E-state index < -0.39 is 58.1 Å². The maximum atomic E-state index is 14.6.